The van der Waals surface area contributed by atoms with Crippen molar-refractivity contribution in [2.24, 2.45) is 0 Å². The fourth-order valence-corrected chi connectivity index (χ4v) is 2.57. The van der Waals surface area contributed by atoms with Crippen LogP contribution in [0.5, 0.6) is 0 Å². The Morgan fingerprint density at radius 3 is 3.06 bits per heavy atom. The van der Waals surface area contributed by atoms with Crippen molar-refractivity contribution in [1.82, 2.24) is 25.5 Å². The van der Waals surface area contributed by atoms with Crippen LogP contribution in [0, 0.1) is 0 Å². The first-order valence-electron chi connectivity index (χ1n) is 5.54. The van der Waals surface area contributed by atoms with Gasteiger partial charge in [-0.25, -0.2) is 4.68 Å². The fourth-order valence-electron chi connectivity index (χ4n) is 1.47. The number of nitrogens with zero attached hydrogens (tertiary/aromatic N) is 4. The summed E-state index contributed by atoms with van der Waals surface area (Å²) in [5, 5.41) is 24.7. The second kappa shape index (κ2) is 5.60. The van der Waals surface area contributed by atoms with Crippen LogP contribution in [0.25, 0.3) is 0 Å². The molecule has 1 fully saturated rings. The zero-order valence-corrected chi connectivity index (χ0v) is 10.2. The van der Waals surface area contributed by atoms with Crippen LogP contribution in [0.3, 0.4) is 0 Å². The number of thioether (sulfide) groups is 1. The summed E-state index contributed by atoms with van der Waals surface area (Å²) in [6.45, 7) is 0.208. The van der Waals surface area contributed by atoms with Crippen molar-refractivity contribution in [1.29, 1.82) is 0 Å². The molecule has 0 aliphatic heterocycles. The van der Waals surface area contributed by atoms with Gasteiger partial charge in [-0.05, 0) is 36.7 Å². The van der Waals surface area contributed by atoms with Gasteiger partial charge in [-0.1, -0.05) is 11.8 Å². The van der Waals surface area contributed by atoms with Gasteiger partial charge in [0.15, 0.2) is 0 Å². The van der Waals surface area contributed by atoms with E-state index in [0.717, 1.165) is 17.3 Å². The van der Waals surface area contributed by atoms with Crippen LogP contribution in [-0.2, 0) is 0 Å². The van der Waals surface area contributed by atoms with E-state index in [1.807, 2.05) is 11.7 Å². The molecule has 0 saturated heterocycles. The zero-order chi connectivity index (χ0) is 11.4. The molecule has 1 heterocycles. The highest BCUT2D eigenvalue weighted by Crippen LogP contribution is 2.36. The summed E-state index contributed by atoms with van der Waals surface area (Å²) in [5.41, 5.74) is 0. The Bertz CT molecular complexity index is 327. The van der Waals surface area contributed by atoms with Crippen LogP contribution in [0.15, 0.2) is 5.16 Å². The van der Waals surface area contributed by atoms with E-state index in [9.17, 15) is 0 Å². The van der Waals surface area contributed by atoms with Gasteiger partial charge in [0.05, 0.1) is 6.04 Å². The Morgan fingerprint density at radius 2 is 2.44 bits per heavy atom. The average Bonchev–Trinajstić information content (AvgIpc) is 3.04. The number of aromatic nitrogens is 4. The number of hydrogen-bond donors (Lipinski definition) is 2. The number of aliphatic hydroxyl groups excluding tert-OH is 1. The third-order valence-electron chi connectivity index (χ3n) is 2.65. The summed E-state index contributed by atoms with van der Waals surface area (Å²) in [4.78, 5) is 0. The van der Waals surface area contributed by atoms with E-state index in [4.69, 9.17) is 5.11 Å². The maximum absolute atomic E-state index is 8.88. The molecule has 0 bridgehead atoms. The molecule has 0 spiro atoms. The monoisotopic (exact) mass is 243 g/mol. The molecule has 90 valence electrons. The second-order valence-corrected chi connectivity index (χ2v) is 4.93. The summed E-state index contributed by atoms with van der Waals surface area (Å²) in [5.74, 6) is 0.879. The lowest BCUT2D eigenvalue weighted by atomic mass is 10.2. The highest BCUT2D eigenvalue weighted by atomic mass is 32.2. The van der Waals surface area contributed by atoms with Gasteiger partial charge in [0.25, 0.3) is 0 Å². The molecule has 7 heteroatoms. The summed E-state index contributed by atoms with van der Waals surface area (Å²) < 4.78 is 1.91. The number of hydrogen-bond acceptors (Lipinski definition) is 6. The van der Waals surface area contributed by atoms with Gasteiger partial charge in [0.2, 0.25) is 5.16 Å². The maximum Gasteiger partial charge on any atom is 0.209 e. The molecule has 1 aromatic rings. The standard InChI is InChI=1S/C9H17N5OS/c1-10-7(4-5-15)6-16-9-11-12-13-14(9)8-2-3-8/h7-8,10,15H,2-6H2,1H3. The van der Waals surface area contributed by atoms with E-state index in [-0.39, 0.29) is 6.61 Å². The van der Waals surface area contributed by atoms with E-state index in [1.54, 1.807) is 11.8 Å². The quantitative estimate of drug-likeness (QED) is 0.660. The van der Waals surface area contributed by atoms with E-state index in [2.05, 4.69) is 20.8 Å². The molecule has 1 saturated carbocycles. The molecule has 1 aliphatic rings. The molecule has 2 N–H and O–H groups in total. The predicted octanol–water partition coefficient (Wildman–Crippen LogP) is 0.0705. The van der Waals surface area contributed by atoms with Crippen molar-refractivity contribution >= 4 is 11.8 Å². The molecule has 1 unspecified atom stereocenters. The summed E-state index contributed by atoms with van der Waals surface area (Å²) in [6.07, 6.45) is 3.13. The lowest BCUT2D eigenvalue weighted by Crippen LogP contribution is -2.28. The molecule has 0 amide bonds. The third-order valence-corrected chi connectivity index (χ3v) is 3.75. The van der Waals surface area contributed by atoms with Gasteiger partial charge < -0.3 is 10.4 Å². The molecule has 1 aliphatic carbocycles. The van der Waals surface area contributed by atoms with Gasteiger partial charge in [0, 0.05) is 18.4 Å². The zero-order valence-electron chi connectivity index (χ0n) is 9.33. The molecule has 1 aromatic heterocycles. The molecule has 1 atom stereocenters. The minimum Gasteiger partial charge on any atom is -0.396 e. The van der Waals surface area contributed by atoms with Crippen molar-refractivity contribution in [3.8, 4) is 0 Å². The first-order chi connectivity index (χ1) is 7.85. The van der Waals surface area contributed by atoms with Crippen LogP contribution in [0.2, 0.25) is 0 Å². The maximum atomic E-state index is 8.88. The lowest BCUT2D eigenvalue weighted by Gasteiger charge is -2.13. The topological polar surface area (TPSA) is 75.9 Å². The molecule has 0 radical (unpaired) electrons. The van der Waals surface area contributed by atoms with Crippen LogP contribution in [-0.4, -0.2) is 50.8 Å². The van der Waals surface area contributed by atoms with E-state index in [0.29, 0.717) is 12.1 Å². The summed E-state index contributed by atoms with van der Waals surface area (Å²) >= 11 is 1.65. The van der Waals surface area contributed by atoms with Gasteiger partial charge in [-0.2, -0.15) is 0 Å². The smallest absolute Gasteiger partial charge is 0.209 e. The first-order valence-corrected chi connectivity index (χ1v) is 6.52. The lowest BCUT2D eigenvalue weighted by molar-refractivity contribution is 0.273. The number of tetrazole rings is 1. The van der Waals surface area contributed by atoms with Gasteiger partial charge >= 0.3 is 0 Å². The van der Waals surface area contributed by atoms with Crippen molar-refractivity contribution < 1.29 is 5.11 Å². The average molecular weight is 243 g/mol. The Labute approximate surface area is 98.8 Å². The first kappa shape index (κ1) is 11.8. The molecular weight excluding hydrogens is 226 g/mol. The van der Waals surface area contributed by atoms with Crippen molar-refractivity contribution in [2.45, 2.75) is 36.5 Å². The molecule has 16 heavy (non-hydrogen) atoms. The molecular formula is C9H17N5OS. The van der Waals surface area contributed by atoms with E-state index >= 15 is 0 Å². The second-order valence-electron chi connectivity index (χ2n) is 3.95. The third kappa shape index (κ3) is 2.93. The van der Waals surface area contributed by atoms with E-state index in [1.165, 1.54) is 12.8 Å². The van der Waals surface area contributed by atoms with Crippen molar-refractivity contribution in [2.75, 3.05) is 19.4 Å². The number of aliphatic hydroxyl groups is 1. The minimum atomic E-state index is 0.208. The summed E-state index contributed by atoms with van der Waals surface area (Å²) in [7, 11) is 1.91. The number of nitrogens with one attached hydrogen (secondary N) is 1. The highest BCUT2D eigenvalue weighted by Gasteiger charge is 2.28. The molecule has 0 aromatic carbocycles. The van der Waals surface area contributed by atoms with Crippen LogP contribution in [0.1, 0.15) is 25.3 Å². The van der Waals surface area contributed by atoms with E-state index < -0.39 is 0 Å². The summed E-state index contributed by atoms with van der Waals surface area (Å²) in [6, 6.07) is 0.822. The van der Waals surface area contributed by atoms with Gasteiger partial charge in [-0.15, -0.1) is 5.10 Å². The van der Waals surface area contributed by atoms with Crippen LogP contribution >= 0.6 is 11.8 Å². The Balaban J connectivity index is 1.85. The largest absolute Gasteiger partial charge is 0.396 e. The SMILES string of the molecule is CNC(CCO)CSc1nnnn1C1CC1. The minimum absolute atomic E-state index is 0.208. The Morgan fingerprint density at radius 1 is 1.62 bits per heavy atom. The highest BCUT2D eigenvalue weighted by molar-refractivity contribution is 7.99. The van der Waals surface area contributed by atoms with Gasteiger partial charge in [0.1, 0.15) is 0 Å². The van der Waals surface area contributed by atoms with Crippen LogP contribution < -0.4 is 5.32 Å². The van der Waals surface area contributed by atoms with Crippen molar-refractivity contribution in [3.05, 3.63) is 0 Å². The normalized spacial score (nSPS) is 17.6. The van der Waals surface area contributed by atoms with Gasteiger partial charge in [-0.3, -0.25) is 0 Å². The Kier molecular flexibility index (Phi) is 4.14. The Hall–Kier alpha value is -0.660. The fraction of sp³-hybridized carbons (Fsp3) is 0.889. The van der Waals surface area contributed by atoms with Crippen molar-refractivity contribution in [3.63, 3.8) is 0 Å². The molecule has 2 rings (SSSR count). The molecule has 6 nitrogen and oxygen atoms in total. The predicted molar refractivity (Wildman–Crippen MR) is 61.4 cm³/mol. The van der Waals surface area contributed by atoms with Crippen LogP contribution in [0.4, 0.5) is 0 Å². The number of rotatable bonds is 7.